The first-order valence-corrected chi connectivity index (χ1v) is 7.66. The van der Waals surface area contributed by atoms with Gasteiger partial charge in [0.2, 0.25) is 0 Å². The highest BCUT2D eigenvalue weighted by Crippen LogP contribution is 2.33. The van der Waals surface area contributed by atoms with Gasteiger partial charge >= 0.3 is 6.18 Å². The fourth-order valence-corrected chi connectivity index (χ4v) is 3.82. The summed E-state index contributed by atoms with van der Waals surface area (Å²) in [5.41, 5.74) is -1.00. The maximum Gasteiger partial charge on any atom is 0.435 e. The number of alkyl halides is 3. The minimum atomic E-state index is -4.47. The van der Waals surface area contributed by atoms with Crippen molar-refractivity contribution in [3.63, 3.8) is 0 Å². The van der Waals surface area contributed by atoms with Gasteiger partial charge in [-0.2, -0.15) is 13.2 Å². The molecule has 4 nitrogen and oxygen atoms in total. The number of hydrogen-bond donors (Lipinski definition) is 0. The summed E-state index contributed by atoms with van der Waals surface area (Å²) >= 11 is 4.08. The number of nitrogens with zero attached hydrogens (tertiary/aromatic N) is 4. The van der Waals surface area contributed by atoms with Crippen LogP contribution in [0.2, 0.25) is 0 Å². The van der Waals surface area contributed by atoms with Gasteiger partial charge in [0.15, 0.2) is 14.4 Å². The van der Waals surface area contributed by atoms with Crippen molar-refractivity contribution in [3.8, 4) is 0 Å². The highest BCUT2D eigenvalue weighted by Gasteiger charge is 2.32. The number of halogens is 3. The van der Waals surface area contributed by atoms with Crippen LogP contribution in [-0.4, -0.2) is 26.1 Å². The minimum Gasteiger partial charge on any atom is -0.164 e. The first-order valence-electron chi connectivity index (χ1n) is 5.04. The lowest BCUT2D eigenvalue weighted by molar-refractivity contribution is -0.141. The molecule has 0 saturated heterocycles. The van der Waals surface area contributed by atoms with Crippen molar-refractivity contribution in [2.75, 3.05) is 5.75 Å². The Balaban J connectivity index is 2.06. The van der Waals surface area contributed by atoms with Crippen molar-refractivity contribution in [2.45, 2.75) is 26.8 Å². The molecule has 0 aliphatic heterocycles. The summed E-state index contributed by atoms with van der Waals surface area (Å²) in [4.78, 5) is 0. The van der Waals surface area contributed by atoms with Gasteiger partial charge in [0.1, 0.15) is 5.03 Å². The zero-order valence-corrected chi connectivity index (χ0v) is 12.0. The molecule has 0 atom stereocenters. The molecule has 2 rings (SSSR count). The average Bonchev–Trinajstić information content (AvgIpc) is 2.77. The summed E-state index contributed by atoms with van der Waals surface area (Å²) in [6, 6.07) is 2.17. The van der Waals surface area contributed by atoms with E-state index in [1.807, 2.05) is 6.92 Å². The van der Waals surface area contributed by atoms with Crippen LogP contribution in [0.1, 0.15) is 12.6 Å². The summed E-state index contributed by atoms with van der Waals surface area (Å²) in [5.74, 6) is 0.888. The van der Waals surface area contributed by atoms with E-state index in [1.165, 1.54) is 17.4 Å². The van der Waals surface area contributed by atoms with Crippen molar-refractivity contribution in [1.29, 1.82) is 0 Å². The Hall–Kier alpha value is -0.870. The predicted octanol–water partition coefficient (Wildman–Crippen LogP) is 3.61. The van der Waals surface area contributed by atoms with Crippen molar-refractivity contribution < 1.29 is 13.2 Å². The molecule has 0 amide bonds. The molecule has 0 aromatic carbocycles. The van der Waals surface area contributed by atoms with E-state index >= 15 is 0 Å². The molecule has 19 heavy (non-hydrogen) atoms. The van der Waals surface area contributed by atoms with Gasteiger partial charge in [0.25, 0.3) is 0 Å². The standard InChI is InChI=1S/C9H7F3N4S3/c1-2-17-7-15-16-8(19-7)18-6-4-3-5(13-14-6)9(10,11)12/h3-4H,2H2,1H3. The van der Waals surface area contributed by atoms with Gasteiger partial charge in [0.05, 0.1) is 0 Å². The van der Waals surface area contributed by atoms with Gasteiger partial charge < -0.3 is 0 Å². The maximum atomic E-state index is 12.3. The molecule has 0 N–H and O–H groups in total. The van der Waals surface area contributed by atoms with Crippen molar-refractivity contribution in [2.24, 2.45) is 0 Å². The summed E-state index contributed by atoms with van der Waals surface area (Å²) < 4.78 is 38.4. The van der Waals surface area contributed by atoms with Gasteiger partial charge in [-0.3, -0.25) is 0 Å². The topological polar surface area (TPSA) is 51.6 Å². The predicted molar refractivity (Wildman–Crippen MR) is 67.5 cm³/mol. The zero-order valence-electron chi connectivity index (χ0n) is 9.51. The molecule has 0 spiro atoms. The van der Waals surface area contributed by atoms with E-state index in [4.69, 9.17) is 0 Å². The van der Waals surface area contributed by atoms with E-state index < -0.39 is 11.9 Å². The molecule has 2 aromatic rings. The van der Waals surface area contributed by atoms with Gasteiger partial charge in [-0.1, -0.05) is 30.0 Å². The lowest BCUT2D eigenvalue weighted by Gasteiger charge is -2.03. The lowest BCUT2D eigenvalue weighted by atomic mass is 10.4. The molecule has 0 bridgehead atoms. The van der Waals surface area contributed by atoms with Crippen LogP contribution in [0.3, 0.4) is 0 Å². The van der Waals surface area contributed by atoms with Gasteiger partial charge in [-0.25, -0.2) is 0 Å². The largest absolute Gasteiger partial charge is 0.435 e. The third-order valence-corrected chi connectivity index (χ3v) is 4.69. The van der Waals surface area contributed by atoms with Crippen LogP contribution in [0, 0.1) is 0 Å². The highest BCUT2D eigenvalue weighted by atomic mass is 32.2. The fraction of sp³-hybridized carbons (Fsp3) is 0.333. The molecule has 2 heterocycles. The summed E-state index contributed by atoms with van der Waals surface area (Å²) in [5, 5.41) is 14.9. The lowest BCUT2D eigenvalue weighted by Crippen LogP contribution is -2.08. The van der Waals surface area contributed by atoms with Crippen LogP contribution >= 0.6 is 34.9 Å². The first kappa shape index (κ1) is 14.5. The van der Waals surface area contributed by atoms with Crippen molar-refractivity contribution >= 4 is 34.9 Å². The van der Waals surface area contributed by atoms with Crippen LogP contribution in [0.5, 0.6) is 0 Å². The molecule has 0 saturated carbocycles. The molecule has 102 valence electrons. The van der Waals surface area contributed by atoms with Crippen molar-refractivity contribution in [1.82, 2.24) is 20.4 Å². The van der Waals surface area contributed by atoms with E-state index in [1.54, 1.807) is 11.8 Å². The Kier molecular flexibility index (Phi) is 4.63. The Bertz CT molecular complexity index is 540. The normalized spacial score (nSPS) is 11.8. The summed E-state index contributed by atoms with van der Waals surface area (Å²) in [6.07, 6.45) is -4.47. The van der Waals surface area contributed by atoms with Crippen molar-refractivity contribution in [3.05, 3.63) is 17.8 Å². The summed E-state index contributed by atoms with van der Waals surface area (Å²) in [6.45, 7) is 2.00. The van der Waals surface area contributed by atoms with Crippen LogP contribution < -0.4 is 0 Å². The van der Waals surface area contributed by atoms with Gasteiger partial charge in [0, 0.05) is 0 Å². The SMILES string of the molecule is CCSc1nnc(Sc2ccc(C(F)(F)F)nn2)s1. The molecular formula is C9H7F3N4S3. The van der Waals surface area contributed by atoms with Crippen LogP contribution in [0.15, 0.2) is 25.8 Å². The zero-order chi connectivity index (χ0) is 13.9. The molecule has 0 aliphatic rings. The molecule has 10 heteroatoms. The quantitative estimate of drug-likeness (QED) is 0.801. The second-order valence-corrected chi connectivity index (χ2v) is 6.88. The second-order valence-electron chi connectivity index (χ2n) is 3.12. The molecule has 2 aromatic heterocycles. The van der Waals surface area contributed by atoms with E-state index in [9.17, 15) is 13.2 Å². The van der Waals surface area contributed by atoms with Gasteiger partial charge in [-0.05, 0) is 29.6 Å². The number of hydrogen-bond acceptors (Lipinski definition) is 7. The number of aromatic nitrogens is 4. The third kappa shape index (κ3) is 4.05. The third-order valence-electron chi connectivity index (χ3n) is 1.78. The smallest absolute Gasteiger partial charge is 0.164 e. The maximum absolute atomic E-state index is 12.3. The molecule has 0 unspecified atom stereocenters. The first-order chi connectivity index (χ1) is 8.99. The summed E-state index contributed by atoms with van der Waals surface area (Å²) in [7, 11) is 0. The molecule has 0 fully saturated rings. The molecule has 0 aliphatic carbocycles. The Morgan fingerprint density at radius 1 is 1.11 bits per heavy atom. The number of thioether (sulfide) groups is 1. The molecule has 0 radical (unpaired) electrons. The average molecular weight is 324 g/mol. The molecular weight excluding hydrogens is 317 g/mol. The Morgan fingerprint density at radius 2 is 1.84 bits per heavy atom. The van der Waals surface area contributed by atoms with Gasteiger partial charge in [-0.15, -0.1) is 20.4 Å². The monoisotopic (exact) mass is 324 g/mol. The highest BCUT2D eigenvalue weighted by molar-refractivity contribution is 8.03. The van der Waals surface area contributed by atoms with E-state index in [-0.39, 0.29) is 0 Å². The second kappa shape index (κ2) is 6.06. The Labute approximate surface area is 119 Å². The fourth-order valence-electron chi connectivity index (χ4n) is 1.04. The van der Waals surface area contributed by atoms with Crippen LogP contribution in [0.4, 0.5) is 13.2 Å². The number of rotatable bonds is 4. The van der Waals surface area contributed by atoms with E-state index in [2.05, 4.69) is 20.4 Å². The van der Waals surface area contributed by atoms with E-state index in [0.717, 1.165) is 27.9 Å². The van der Waals surface area contributed by atoms with Crippen LogP contribution in [0.25, 0.3) is 0 Å². The van der Waals surface area contributed by atoms with E-state index in [0.29, 0.717) is 9.37 Å². The minimum absolute atomic E-state index is 0.359. The van der Waals surface area contributed by atoms with Crippen LogP contribution in [-0.2, 0) is 6.18 Å². The Morgan fingerprint density at radius 3 is 2.42 bits per heavy atom.